The van der Waals surface area contributed by atoms with Crippen LogP contribution in [0.15, 0.2) is 18.3 Å². The van der Waals surface area contributed by atoms with Crippen LogP contribution < -0.4 is 4.90 Å². The molecule has 0 spiro atoms. The van der Waals surface area contributed by atoms with Gasteiger partial charge in [-0.05, 0) is 31.4 Å². The molecule has 98 valence electrons. The molecule has 1 aromatic heterocycles. The number of ether oxygens (including phenoxy) is 1. The Hall–Kier alpha value is -1.62. The smallest absolute Gasteiger partial charge is 0.354 e. The zero-order valence-electron chi connectivity index (χ0n) is 10.5. The summed E-state index contributed by atoms with van der Waals surface area (Å²) in [5.41, 5.74) is 0.982. The second kappa shape index (κ2) is 5.82. The molecule has 1 fully saturated rings. The zero-order chi connectivity index (χ0) is 13.0. The molecular weight excluding hydrogens is 232 g/mol. The number of pyridine rings is 1. The number of hydrogen-bond donors (Lipinski definition) is 1. The Morgan fingerprint density at radius 3 is 2.94 bits per heavy atom. The molecule has 2 heterocycles. The number of rotatable bonds is 4. The van der Waals surface area contributed by atoms with Gasteiger partial charge in [0, 0.05) is 20.2 Å². The van der Waals surface area contributed by atoms with Crippen molar-refractivity contribution in [3.05, 3.63) is 24.0 Å². The average molecular weight is 250 g/mol. The molecule has 18 heavy (non-hydrogen) atoms. The molecule has 1 unspecified atom stereocenters. The van der Waals surface area contributed by atoms with E-state index in [-0.39, 0.29) is 11.8 Å². The summed E-state index contributed by atoms with van der Waals surface area (Å²) >= 11 is 0. The summed E-state index contributed by atoms with van der Waals surface area (Å²) in [6, 6.07) is 3.30. The Morgan fingerprint density at radius 1 is 1.56 bits per heavy atom. The largest absolute Gasteiger partial charge is 0.477 e. The first-order valence-corrected chi connectivity index (χ1v) is 6.19. The number of nitrogens with zero attached hydrogens (tertiary/aromatic N) is 2. The number of anilines is 1. The van der Waals surface area contributed by atoms with Gasteiger partial charge in [0.25, 0.3) is 0 Å². The zero-order valence-corrected chi connectivity index (χ0v) is 10.5. The van der Waals surface area contributed by atoms with E-state index in [9.17, 15) is 4.79 Å². The van der Waals surface area contributed by atoms with E-state index in [2.05, 4.69) is 9.88 Å². The number of carbonyl (C=O) groups is 1. The lowest BCUT2D eigenvalue weighted by atomic mass is 10.1. The van der Waals surface area contributed by atoms with E-state index < -0.39 is 5.97 Å². The Labute approximate surface area is 106 Å². The number of hydrogen-bond acceptors (Lipinski definition) is 4. The van der Waals surface area contributed by atoms with E-state index in [1.165, 1.54) is 12.5 Å². The van der Waals surface area contributed by atoms with Crippen LogP contribution in [0.4, 0.5) is 5.69 Å². The summed E-state index contributed by atoms with van der Waals surface area (Å²) < 4.78 is 5.68. The summed E-state index contributed by atoms with van der Waals surface area (Å²) in [4.78, 5) is 16.7. The maximum Gasteiger partial charge on any atom is 0.354 e. The maximum absolute atomic E-state index is 10.7. The van der Waals surface area contributed by atoms with E-state index in [1.54, 1.807) is 12.3 Å². The van der Waals surface area contributed by atoms with Crippen LogP contribution in [0, 0.1) is 0 Å². The Balaban J connectivity index is 1.95. The van der Waals surface area contributed by atoms with Gasteiger partial charge in [0.15, 0.2) is 0 Å². The van der Waals surface area contributed by atoms with Gasteiger partial charge in [-0.3, -0.25) is 0 Å². The number of carboxylic acid groups (broad SMARTS) is 1. The van der Waals surface area contributed by atoms with Gasteiger partial charge in [0.05, 0.1) is 18.0 Å². The average Bonchev–Trinajstić information content (AvgIpc) is 2.40. The quantitative estimate of drug-likeness (QED) is 0.882. The Kier molecular flexibility index (Phi) is 4.15. The van der Waals surface area contributed by atoms with Crippen LogP contribution in [0.3, 0.4) is 0 Å². The summed E-state index contributed by atoms with van der Waals surface area (Å²) in [6.45, 7) is 1.66. The van der Waals surface area contributed by atoms with Gasteiger partial charge in [0.1, 0.15) is 5.69 Å². The van der Waals surface area contributed by atoms with Crippen molar-refractivity contribution in [3.63, 3.8) is 0 Å². The second-order valence-corrected chi connectivity index (χ2v) is 4.58. The highest BCUT2D eigenvalue weighted by atomic mass is 16.5. The fourth-order valence-corrected chi connectivity index (χ4v) is 2.10. The molecule has 1 saturated heterocycles. The fourth-order valence-electron chi connectivity index (χ4n) is 2.10. The molecule has 2 rings (SSSR count). The summed E-state index contributed by atoms with van der Waals surface area (Å²) in [7, 11) is 1.97. The van der Waals surface area contributed by atoms with Gasteiger partial charge < -0.3 is 14.7 Å². The third-order valence-corrected chi connectivity index (χ3v) is 3.16. The SMILES string of the molecule is CN(CC1CCCCO1)c1ccc(C(=O)O)nc1. The lowest BCUT2D eigenvalue weighted by Crippen LogP contribution is -2.33. The molecule has 0 bridgehead atoms. The van der Waals surface area contributed by atoms with Crippen LogP contribution in [-0.2, 0) is 4.74 Å². The highest BCUT2D eigenvalue weighted by molar-refractivity contribution is 5.85. The van der Waals surface area contributed by atoms with Crippen LogP contribution in [0.1, 0.15) is 29.8 Å². The number of aromatic nitrogens is 1. The van der Waals surface area contributed by atoms with E-state index in [1.807, 2.05) is 7.05 Å². The predicted molar refractivity (Wildman–Crippen MR) is 68.1 cm³/mol. The van der Waals surface area contributed by atoms with Crippen molar-refractivity contribution in [1.82, 2.24) is 4.98 Å². The van der Waals surface area contributed by atoms with E-state index >= 15 is 0 Å². The summed E-state index contributed by atoms with van der Waals surface area (Å²) in [6.07, 6.45) is 5.31. The molecule has 1 atom stereocenters. The van der Waals surface area contributed by atoms with Crippen molar-refractivity contribution < 1.29 is 14.6 Å². The third kappa shape index (κ3) is 3.20. The third-order valence-electron chi connectivity index (χ3n) is 3.16. The normalized spacial score (nSPS) is 19.5. The molecule has 0 aliphatic carbocycles. The van der Waals surface area contributed by atoms with E-state index in [0.29, 0.717) is 0 Å². The van der Waals surface area contributed by atoms with Gasteiger partial charge in [-0.1, -0.05) is 0 Å². The molecule has 1 aliphatic rings. The molecular formula is C13H18N2O3. The fraction of sp³-hybridized carbons (Fsp3) is 0.538. The first kappa shape index (κ1) is 12.8. The monoisotopic (exact) mass is 250 g/mol. The van der Waals surface area contributed by atoms with Gasteiger partial charge in [-0.2, -0.15) is 0 Å². The highest BCUT2D eigenvalue weighted by Gasteiger charge is 2.16. The number of likely N-dealkylation sites (N-methyl/N-ethyl adjacent to an activating group) is 1. The molecule has 1 aromatic rings. The van der Waals surface area contributed by atoms with Gasteiger partial charge in [0.2, 0.25) is 0 Å². The minimum Gasteiger partial charge on any atom is -0.477 e. The Bertz CT molecular complexity index is 399. The molecule has 0 amide bonds. The van der Waals surface area contributed by atoms with Crippen molar-refractivity contribution in [1.29, 1.82) is 0 Å². The van der Waals surface area contributed by atoms with Crippen molar-refractivity contribution in [2.45, 2.75) is 25.4 Å². The molecule has 5 nitrogen and oxygen atoms in total. The van der Waals surface area contributed by atoms with Crippen molar-refractivity contribution >= 4 is 11.7 Å². The minimum absolute atomic E-state index is 0.0704. The highest BCUT2D eigenvalue weighted by Crippen LogP contribution is 2.17. The van der Waals surface area contributed by atoms with Crippen molar-refractivity contribution in [3.8, 4) is 0 Å². The second-order valence-electron chi connectivity index (χ2n) is 4.58. The van der Waals surface area contributed by atoms with E-state index in [4.69, 9.17) is 9.84 Å². The van der Waals surface area contributed by atoms with Crippen LogP contribution in [0.25, 0.3) is 0 Å². The molecule has 0 radical (unpaired) electrons. The number of aromatic carboxylic acids is 1. The summed E-state index contributed by atoms with van der Waals surface area (Å²) in [5, 5.41) is 8.78. The van der Waals surface area contributed by atoms with Crippen LogP contribution in [-0.4, -0.2) is 42.4 Å². The molecule has 1 N–H and O–H groups in total. The molecule has 1 aliphatic heterocycles. The summed E-state index contributed by atoms with van der Waals surface area (Å²) in [5.74, 6) is -1.00. The topological polar surface area (TPSA) is 62.7 Å². The van der Waals surface area contributed by atoms with Gasteiger partial charge in [-0.25, -0.2) is 9.78 Å². The molecule has 5 heteroatoms. The van der Waals surface area contributed by atoms with Crippen molar-refractivity contribution in [2.24, 2.45) is 0 Å². The predicted octanol–water partition coefficient (Wildman–Crippen LogP) is 1.79. The Morgan fingerprint density at radius 2 is 2.39 bits per heavy atom. The van der Waals surface area contributed by atoms with Crippen LogP contribution in [0.2, 0.25) is 0 Å². The van der Waals surface area contributed by atoms with Gasteiger partial charge >= 0.3 is 5.97 Å². The maximum atomic E-state index is 10.7. The standard InChI is InChI=1S/C13H18N2O3/c1-15(9-11-4-2-3-7-18-11)10-5-6-12(13(16)17)14-8-10/h5-6,8,11H,2-4,7,9H2,1H3,(H,16,17). The lowest BCUT2D eigenvalue weighted by molar-refractivity contribution is 0.0216. The van der Waals surface area contributed by atoms with Crippen LogP contribution in [0.5, 0.6) is 0 Å². The molecule has 0 aromatic carbocycles. The minimum atomic E-state index is -1.00. The number of carboxylic acids is 1. The lowest BCUT2D eigenvalue weighted by Gasteiger charge is -2.28. The molecule has 0 saturated carbocycles. The first-order valence-electron chi connectivity index (χ1n) is 6.19. The van der Waals surface area contributed by atoms with E-state index in [0.717, 1.165) is 31.7 Å². The van der Waals surface area contributed by atoms with Crippen molar-refractivity contribution in [2.75, 3.05) is 25.1 Å². The van der Waals surface area contributed by atoms with Crippen LogP contribution >= 0.6 is 0 Å². The first-order chi connectivity index (χ1) is 8.66. The van der Waals surface area contributed by atoms with Gasteiger partial charge in [-0.15, -0.1) is 0 Å².